The highest BCUT2D eigenvalue weighted by atomic mass is 19.3. The van der Waals surface area contributed by atoms with E-state index in [2.05, 4.69) is 20.0 Å². The summed E-state index contributed by atoms with van der Waals surface area (Å²) in [6.45, 7) is 6.79. The minimum Gasteiger partial charge on any atom is -0.381 e. The van der Waals surface area contributed by atoms with E-state index in [9.17, 15) is 28.8 Å². The number of rotatable bonds is 8. The second-order valence-electron chi connectivity index (χ2n) is 19.2. The fraction of sp³-hybridized carbons (Fsp3) is 0.510. The molecule has 7 aliphatic heterocycles. The Morgan fingerprint density at radius 1 is 0.794 bits per heavy atom. The number of nitrogens with one attached hydrogen (secondary N) is 1. The van der Waals surface area contributed by atoms with Gasteiger partial charge in [0.05, 0.1) is 42.5 Å². The quantitative estimate of drug-likeness (QED) is 0.244. The first-order valence-electron chi connectivity index (χ1n) is 24.0. The van der Waals surface area contributed by atoms with E-state index in [-0.39, 0.29) is 60.0 Å². The van der Waals surface area contributed by atoms with Crippen molar-refractivity contribution in [3.63, 3.8) is 0 Å². The third-order valence-electron chi connectivity index (χ3n) is 15.2. The number of hydrogen-bond acceptors (Lipinski definition) is 11. The Bertz CT molecular complexity index is 2760. The number of aromatic nitrogens is 4. The zero-order valence-electron chi connectivity index (χ0n) is 38.1. The lowest BCUT2D eigenvalue weighted by Gasteiger charge is -2.35. The smallest absolute Gasteiger partial charge is 0.264 e. The van der Waals surface area contributed by atoms with Gasteiger partial charge < -0.3 is 19.4 Å². The van der Waals surface area contributed by atoms with Gasteiger partial charge in [-0.05, 0) is 97.9 Å². The average Bonchev–Trinajstić information content (AvgIpc) is 4.05. The summed E-state index contributed by atoms with van der Waals surface area (Å²) in [7, 11) is 0. The lowest BCUT2D eigenvalue weighted by Crippen LogP contribution is -2.54. The van der Waals surface area contributed by atoms with Gasteiger partial charge in [0.25, 0.3) is 18.2 Å². The SMILES string of the molecule is CC(=O)N1CCc2c(c(N3CCCc4cc(-c5cnn(C6CCN(C(=O)CN7CCc8cc9c(cc8C7)C(=O)N(C7CCC(=O)NC7=O)C9=O)CC6)c5)c(C(F)F)cc43)nn2C2CCOCC2)C1. The Kier molecular flexibility index (Phi) is 11.5. The molecule has 7 aliphatic rings. The molecule has 2 aromatic heterocycles. The summed E-state index contributed by atoms with van der Waals surface area (Å²) in [5.74, 6) is -1.44. The van der Waals surface area contributed by atoms with Gasteiger partial charge in [0.1, 0.15) is 6.04 Å². The molecular weight excluding hydrogens is 879 g/mol. The lowest BCUT2D eigenvalue weighted by atomic mass is 9.92. The van der Waals surface area contributed by atoms with Crippen LogP contribution in [0.15, 0.2) is 36.7 Å². The van der Waals surface area contributed by atoms with Gasteiger partial charge in [0.2, 0.25) is 23.6 Å². The van der Waals surface area contributed by atoms with Crippen LogP contribution in [0, 0.1) is 0 Å². The van der Waals surface area contributed by atoms with Gasteiger partial charge in [-0.3, -0.25) is 53.2 Å². The number of likely N-dealkylation sites (tertiary alicyclic amines) is 1. The van der Waals surface area contributed by atoms with E-state index in [1.165, 1.54) is 0 Å². The van der Waals surface area contributed by atoms with Crippen molar-refractivity contribution in [3.8, 4) is 11.1 Å². The fourth-order valence-corrected chi connectivity index (χ4v) is 11.5. The van der Waals surface area contributed by atoms with Crippen LogP contribution in [-0.2, 0) is 56.3 Å². The van der Waals surface area contributed by atoms with Crippen LogP contribution in [0.2, 0.25) is 0 Å². The third-order valence-corrected chi connectivity index (χ3v) is 15.2. The van der Waals surface area contributed by atoms with Crippen LogP contribution in [0.1, 0.15) is 125 Å². The summed E-state index contributed by atoms with van der Waals surface area (Å²) in [6, 6.07) is 6.10. The molecule has 3 fully saturated rings. The molecule has 0 aliphatic carbocycles. The summed E-state index contributed by atoms with van der Waals surface area (Å²) < 4.78 is 40.0. The first-order valence-corrected chi connectivity index (χ1v) is 24.0. The lowest BCUT2D eigenvalue weighted by molar-refractivity contribution is -0.136. The van der Waals surface area contributed by atoms with Crippen LogP contribution in [-0.4, -0.2) is 133 Å². The maximum absolute atomic E-state index is 15.2. The van der Waals surface area contributed by atoms with E-state index in [4.69, 9.17) is 9.84 Å². The first kappa shape index (κ1) is 44.2. The highest BCUT2D eigenvalue weighted by molar-refractivity contribution is 6.23. The van der Waals surface area contributed by atoms with E-state index < -0.39 is 36.1 Å². The molecule has 1 unspecified atom stereocenters. The van der Waals surface area contributed by atoms with Gasteiger partial charge in [0.15, 0.2) is 5.82 Å². The number of halogens is 2. The number of fused-ring (bicyclic) bond motifs is 4. The van der Waals surface area contributed by atoms with Crippen molar-refractivity contribution >= 4 is 46.9 Å². The summed E-state index contributed by atoms with van der Waals surface area (Å²) in [4.78, 5) is 86.1. The number of amides is 6. The van der Waals surface area contributed by atoms with Gasteiger partial charge in [-0.1, -0.05) is 0 Å². The Morgan fingerprint density at radius 2 is 1.54 bits per heavy atom. The van der Waals surface area contributed by atoms with Gasteiger partial charge in [-0.25, -0.2) is 8.78 Å². The van der Waals surface area contributed by atoms with Crippen molar-refractivity contribution in [2.24, 2.45) is 0 Å². The van der Waals surface area contributed by atoms with Crippen molar-refractivity contribution in [3.05, 3.63) is 81.3 Å². The highest BCUT2D eigenvalue weighted by Crippen LogP contribution is 2.44. The predicted molar refractivity (Wildman–Crippen MR) is 241 cm³/mol. The second kappa shape index (κ2) is 17.6. The molecule has 356 valence electrons. The van der Waals surface area contributed by atoms with Crippen LogP contribution < -0.4 is 10.2 Å². The number of anilines is 2. The number of carbonyl (C=O) groups is 6. The van der Waals surface area contributed by atoms with Gasteiger partial charge in [0, 0.05) is 107 Å². The first-order chi connectivity index (χ1) is 32.9. The topological polar surface area (TPSA) is 176 Å². The summed E-state index contributed by atoms with van der Waals surface area (Å²) in [6.07, 6.45) is 6.69. The maximum Gasteiger partial charge on any atom is 0.264 e. The molecule has 2 aromatic carbocycles. The molecule has 1 N–H and O–H groups in total. The second-order valence-corrected chi connectivity index (χ2v) is 19.2. The van der Waals surface area contributed by atoms with Crippen LogP contribution in [0.5, 0.6) is 0 Å². The minimum absolute atomic E-state index is 0.000380. The number of nitrogens with zero attached hydrogens (tertiary/aromatic N) is 9. The zero-order chi connectivity index (χ0) is 47.0. The molecule has 11 rings (SSSR count). The number of ether oxygens (including phenoxy) is 1. The fourth-order valence-electron chi connectivity index (χ4n) is 11.5. The summed E-state index contributed by atoms with van der Waals surface area (Å²) in [5.41, 5.74) is 7.05. The molecule has 0 spiro atoms. The van der Waals surface area contributed by atoms with Crippen molar-refractivity contribution in [2.45, 2.75) is 109 Å². The number of benzene rings is 2. The number of hydrogen-bond donors (Lipinski definition) is 1. The largest absolute Gasteiger partial charge is 0.381 e. The molecule has 3 saturated heterocycles. The maximum atomic E-state index is 15.2. The number of alkyl halides is 2. The van der Waals surface area contributed by atoms with Crippen LogP contribution >= 0.6 is 0 Å². The normalized spacial score (nSPS) is 21.6. The van der Waals surface area contributed by atoms with E-state index in [0.29, 0.717) is 95.8 Å². The number of imide groups is 2. The van der Waals surface area contributed by atoms with E-state index in [1.807, 2.05) is 31.6 Å². The Hall–Kier alpha value is -6.34. The van der Waals surface area contributed by atoms with E-state index in [1.54, 1.807) is 31.3 Å². The molecule has 4 aromatic rings. The molecule has 68 heavy (non-hydrogen) atoms. The number of aryl methyl sites for hydroxylation is 1. The molecule has 9 heterocycles. The van der Waals surface area contributed by atoms with Crippen molar-refractivity contribution in [2.75, 3.05) is 57.4 Å². The third kappa shape index (κ3) is 7.86. The monoisotopic (exact) mass is 932 g/mol. The standard InChI is InChI=1S/C49H54F2N10O7/c1-28(62)57-16-9-40-39(26-57)46(54-61(40)34-10-17-68-18-11-34)58-12-2-3-30-20-35(36(45(50)51)22-42(30)58)32-23-52-59(25-32)33-7-14-56(15-8-33)44(64)27-55-13-6-29-19-37-38(21-31(29)24-55)49(67)60(48(37)66)41-4-5-43(63)53-47(41)65/h19-23,25,33-34,41,45H,2-18,24,26-27H2,1H3,(H,53,63,65). The van der Waals surface area contributed by atoms with Crippen molar-refractivity contribution in [1.82, 2.24) is 44.5 Å². The van der Waals surface area contributed by atoms with Gasteiger partial charge in [-0.15, -0.1) is 0 Å². The van der Waals surface area contributed by atoms with Crippen molar-refractivity contribution in [1.29, 1.82) is 0 Å². The van der Waals surface area contributed by atoms with Gasteiger partial charge in [-0.2, -0.15) is 10.2 Å². The molecule has 0 radical (unpaired) electrons. The minimum atomic E-state index is -2.74. The Labute approximate surface area is 391 Å². The molecule has 19 heteroatoms. The molecule has 6 amide bonds. The molecule has 1 atom stereocenters. The Morgan fingerprint density at radius 3 is 2.28 bits per heavy atom. The van der Waals surface area contributed by atoms with Crippen molar-refractivity contribution < 1.29 is 42.3 Å². The van der Waals surface area contributed by atoms with E-state index in [0.717, 1.165) is 70.0 Å². The average molecular weight is 933 g/mol. The summed E-state index contributed by atoms with van der Waals surface area (Å²) >= 11 is 0. The molecule has 17 nitrogen and oxygen atoms in total. The van der Waals surface area contributed by atoms with Gasteiger partial charge >= 0.3 is 0 Å². The molecule has 0 bridgehead atoms. The van der Waals surface area contributed by atoms with Crippen LogP contribution in [0.3, 0.4) is 0 Å². The number of carbonyl (C=O) groups excluding carboxylic acids is 6. The number of piperidine rings is 2. The highest BCUT2D eigenvalue weighted by Gasteiger charge is 2.45. The van der Waals surface area contributed by atoms with Crippen LogP contribution in [0.4, 0.5) is 20.3 Å². The predicted octanol–water partition coefficient (Wildman–Crippen LogP) is 4.65. The van der Waals surface area contributed by atoms with E-state index >= 15 is 8.78 Å². The van der Waals surface area contributed by atoms with Crippen LogP contribution in [0.25, 0.3) is 11.1 Å². The summed E-state index contributed by atoms with van der Waals surface area (Å²) in [5, 5.41) is 12.1. The Balaban J connectivity index is 0.754. The zero-order valence-corrected chi connectivity index (χ0v) is 38.1. The molecule has 0 saturated carbocycles. The molecular formula is C49H54F2N10O7.